The van der Waals surface area contributed by atoms with E-state index in [0.717, 1.165) is 48.9 Å². The quantitative estimate of drug-likeness (QED) is 0.169. The number of unbranched alkanes of at least 4 members (excludes halogenated alkanes) is 8. The normalized spacial score (nSPS) is 31.8. The van der Waals surface area contributed by atoms with E-state index in [1.54, 1.807) is 0 Å². The molecule has 3 saturated carbocycles. The van der Waals surface area contributed by atoms with Crippen molar-refractivity contribution in [2.24, 2.45) is 29.6 Å². The lowest BCUT2D eigenvalue weighted by Crippen LogP contribution is -2.31. The second kappa shape index (κ2) is 17.1. The van der Waals surface area contributed by atoms with E-state index in [1.807, 2.05) is 0 Å². The van der Waals surface area contributed by atoms with Crippen LogP contribution in [0.1, 0.15) is 168 Å². The number of carbonyl (C=O) groups excluding carboxylic acids is 1. The largest absolute Gasteiger partial charge is 0.462 e. The number of ether oxygens (including phenoxy) is 1. The Morgan fingerprint density at radius 1 is 0.543 bits per heavy atom. The van der Waals surface area contributed by atoms with Gasteiger partial charge in [-0.1, -0.05) is 90.9 Å². The second-order valence-corrected chi connectivity index (χ2v) is 12.8. The van der Waals surface area contributed by atoms with Crippen molar-refractivity contribution >= 4 is 5.97 Å². The molecule has 3 rings (SSSR count). The van der Waals surface area contributed by atoms with Gasteiger partial charge in [-0.3, -0.25) is 4.79 Å². The molecule has 2 nitrogen and oxygen atoms in total. The van der Waals surface area contributed by atoms with Gasteiger partial charge in [0.15, 0.2) is 0 Å². The van der Waals surface area contributed by atoms with Gasteiger partial charge in [-0.05, 0) is 100 Å². The fourth-order valence-electron chi connectivity index (χ4n) is 7.87. The van der Waals surface area contributed by atoms with Gasteiger partial charge in [0.25, 0.3) is 0 Å². The summed E-state index contributed by atoms with van der Waals surface area (Å²) >= 11 is 0. The molecule has 3 aliphatic rings. The summed E-state index contributed by atoms with van der Waals surface area (Å²) in [6.45, 7) is 4.55. The van der Waals surface area contributed by atoms with Crippen LogP contribution in [-0.4, -0.2) is 12.1 Å². The van der Waals surface area contributed by atoms with Crippen LogP contribution >= 0.6 is 0 Å². The van der Waals surface area contributed by atoms with Crippen molar-refractivity contribution < 1.29 is 9.53 Å². The average molecular weight is 489 g/mol. The molecule has 0 unspecified atom stereocenters. The van der Waals surface area contributed by atoms with Gasteiger partial charge in [-0.25, -0.2) is 0 Å². The van der Waals surface area contributed by atoms with Crippen molar-refractivity contribution in [3.63, 3.8) is 0 Å². The number of rotatable bonds is 15. The Bertz CT molecular complexity index is 533. The van der Waals surface area contributed by atoms with Gasteiger partial charge >= 0.3 is 5.97 Å². The highest BCUT2D eigenvalue weighted by molar-refractivity contribution is 5.69. The zero-order valence-electron chi connectivity index (χ0n) is 23.8. The summed E-state index contributed by atoms with van der Waals surface area (Å²) in [6, 6.07) is 0. The lowest BCUT2D eigenvalue weighted by atomic mass is 9.65. The number of esters is 1. The van der Waals surface area contributed by atoms with Crippen molar-refractivity contribution in [3.05, 3.63) is 0 Å². The van der Waals surface area contributed by atoms with E-state index in [1.165, 1.54) is 128 Å². The highest BCUT2D eigenvalue weighted by atomic mass is 16.5. The van der Waals surface area contributed by atoms with Gasteiger partial charge in [-0.15, -0.1) is 0 Å². The topological polar surface area (TPSA) is 26.3 Å². The van der Waals surface area contributed by atoms with E-state index < -0.39 is 0 Å². The summed E-state index contributed by atoms with van der Waals surface area (Å²) in [7, 11) is 0. The van der Waals surface area contributed by atoms with E-state index in [0.29, 0.717) is 6.42 Å². The third-order valence-electron chi connectivity index (χ3n) is 10.3. The minimum absolute atomic E-state index is 0.0664. The lowest BCUT2D eigenvalue weighted by Gasteiger charge is -2.41. The minimum Gasteiger partial charge on any atom is -0.462 e. The van der Waals surface area contributed by atoms with Crippen LogP contribution in [0.5, 0.6) is 0 Å². The molecule has 0 aromatic heterocycles. The highest BCUT2D eigenvalue weighted by Crippen LogP contribution is 2.46. The van der Waals surface area contributed by atoms with E-state index in [4.69, 9.17) is 4.74 Å². The zero-order chi connectivity index (χ0) is 24.7. The predicted octanol–water partition coefficient (Wildman–Crippen LogP) is 10.4. The standard InChI is InChI=1S/C33H60O2/c1-3-5-7-9-11-13-27-15-17-28(18-16-27)29-19-21-30(22-20-29)31-23-25-32(26-24-31)35-33(34)14-12-10-8-6-4-2/h27-32H,3-26H2,1-2H3. The number of carbonyl (C=O) groups is 1. The van der Waals surface area contributed by atoms with Crippen LogP contribution in [0.3, 0.4) is 0 Å². The monoisotopic (exact) mass is 488 g/mol. The molecule has 2 heteroatoms. The maximum absolute atomic E-state index is 12.2. The summed E-state index contributed by atoms with van der Waals surface area (Å²) in [5.41, 5.74) is 0. The first kappa shape index (κ1) is 29.0. The molecule has 0 atom stereocenters. The maximum Gasteiger partial charge on any atom is 0.306 e. The predicted molar refractivity (Wildman–Crippen MR) is 149 cm³/mol. The Morgan fingerprint density at radius 2 is 0.971 bits per heavy atom. The lowest BCUT2D eigenvalue weighted by molar-refractivity contribution is -0.151. The van der Waals surface area contributed by atoms with Gasteiger partial charge in [-0.2, -0.15) is 0 Å². The van der Waals surface area contributed by atoms with E-state index in [-0.39, 0.29) is 12.1 Å². The van der Waals surface area contributed by atoms with Gasteiger partial charge in [0.2, 0.25) is 0 Å². The Balaban J connectivity index is 1.23. The zero-order valence-corrected chi connectivity index (χ0v) is 23.8. The molecule has 3 aliphatic carbocycles. The molecule has 35 heavy (non-hydrogen) atoms. The molecule has 0 heterocycles. The Morgan fingerprint density at radius 3 is 1.49 bits per heavy atom. The third kappa shape index (κ3) is 10.8. The molecule has 0 bridgehead atoms. The second-order valence-electron chi connectivity index (χ2n) is 12.8. The Labute approximate surface area is 219 Å². The first-order valence-corrected chi connectivity index (χ1v) is 16.4. The number of hydrogen-bond acceptors (Lipinski definition) is 2. The van der Waals surface area contributed by atoms with Gasteiger partial charge in [0, 0.05) is 6.42 Å². The van der Waals surface area contributed by atoms with Crippen LogP contribution in [-0.2, 0) is 9.53 Å². The summed E-state index contributed by atoms with van der Waals surface area (Å²) in [6.07, 6.45) is 32.5. The molecule has 0 aromatic carbocycles. The SMILES string of the molecule is CCCCCCCC(=O)OC1CCC(C2CCC(C3CCC(CCCCCCC)CC3)CC2)CC1. The average Bonchev–Trinajstić information content (AvgIpc) is 2.89. The van der Waals surface area contributed by atoms with Gasteiger partial charge < -0.3 is 4.74 Å². The molecular weight excluding hydrogens is 428 g/mol. The van der Waals surface area contributed by atoms with Crippen LogP contribution < -0.4 is 0 Å². The van der Waals surface area contributed by atoms with Crippen LogP contribution in [0.15, 0.2) is 0 Å². The van der Waals surface area contributed by atoms with Crippen LogP contribution in [0.25, 0.3) is 0 Å². The highest BCUT2D eigenvalue weighted by Gasteiger charge is 2.35. The van der Waals surface area contributed by atoms with Gasteiger partial charge in [0.05, 0.1) is 0 Å². The summed E-state index contributed by atoms with van der Waals surface area (Å²) in [5, 5.41) is 0. The van der Waals surface area contributed by atoms with Crippen molar-refractivity contribution in [3.8, 4) is 0 Å². The summed E-state index contributed by atoms with van der Waals surface area (Å²) < 4.78 is 5.84. The molecule has 204 valence electrons. The first-order chi connectivity index (χ1) is 17.2. The molecule has 0 spiro atoms. The summed E-state index contributed by atoms with van der Waals surface area (Å²) in [4.78, 5) is 12.2. The summed E-state index contributed by atoms with van der Waals surface area (Å²) in [5.74, 6) is 5.06. The Kier molecular flexibility index (Phi) is 14.2. The number of hydrogen-bond donors (Lipinski definition) is 0. The molecule has 3 fully saturated rings. The third-order valence-corrected chi connectivity index (χ3v) is 10.3. The maximum atomic E-state index is 12.2. The fourth-order valence-corrected chi connectivity index (χ4v) is 7.87. The van der Waals surface area contributed by atoms with E-state index >= 15 is 0 Å². The van der Waals surface area contributed by atoms with Crippen LogP contribution in [0.4, 0.5) is 0 Å². The molecule has 0 amide bonds. The molecular formula is C33H60O2. The van der Waals surface area contributed by atoms with Gasteiger partial charge in [0.1, 0.15) is 6.10 Å². The molecule has 0 N–H and O–H groups in total. The van der Waals surface area contributed by atoms with Crippen LogP contribution in [0.2, 0.25) is 0 Å². The van der Waals surface area contributed by atoms with Crippen molar-refractivity contribution in [2.45, 2.75) is 174 Å². The molecule has 0 saturated heterocycles. The minimum atomic E-state index is 0.0664. The van der Waals surface area contributed by atoms with Crippen molar-refractivity contribution in [1.29, 1.82) is 0 Å². The van der Waals surface area contributed by atoms with Crippen molar-refractivity contribution in [1.82, 2.24) is 0 Å². The molecule has 0 aromatic rings. The fraction of sp³-hybridized carbons (Fsp3) is 0.970. The van der Waals surface area contributed by atoms with Crippen molar-refractivity contribution in [2.75, 3.05) is 0 Å². The molecule has 0 aliphatic heterocycles. The smallest absolute Gasteiger partial charge is 0.306 e. The van der Waals surface area contributed by atoms with E-state index in [9.17, 15) is 4.79 Å². The van der Waals surface area contributed by atoms with Crippen LogP contribution in [0, 0.1) is 29.6 Å². The van der Waals surface area contributed by atoms with E-state index in [2.05, 4.69) is 13.8 Å². The first-order valence-electron chi connectivity index (χ1n) is 16.4. The molecule has 0 radical (unpaired) electrons. The Hall–Kier alpha value is -0.530.